The minimum atomic E-state index is 0.0645. The first kappa shape index (κ1) is 20.6. The number of amides is 1. The molecule has 1 N–H and O–H groups in total. The zero-order valence-corrected chi connectivity index (χ0v) is 17.5. The average Bonchev–Trinajstić information content (AvgIpc) is 3.09. The molecule has 28 heavy (non-hydrogen) atoms. The Morgan fingerprint density at radius 2 is 2.04 bits per heavy atom. The number of hydrogen-bond acceptors (Lipinski definition) is 3. The van der Waals surface area contributed by atoms with Gasteiger partial charge in [0.25, 0.3) is 0 Å². The summed E-state index contributed by atoms with van der Waals surface area (Å²) in [6, 6.07) is 12.0. The number of benzene rings is 1. The van der Waals surface area contributed by atoms with Gasteiger partial charge < -0.3 is 10.1 Å². The molecule has 1 aliphatic carbocycles. The Hall–Kier alpha value is -2.14. The maximum absolute atomic E-state index is 13.2. The zero-order chi connectivity index (χ0) is 20.1. The Morgan fingerprint density at radius 3 is 2.71 bits per heavy atom. The molecule has 1 heterocycles. The largest absolute Gasteiger partial charge is 0.383 e. The lowest BCUT2D eigenvalue weighted by atomic mass is 9.70. The van der Waals surface area contributed by atoms with Crippen LogP contribution in [0.2, 0.25) is 0 Å². The standard InChI is InChI=1S/C23H33N3O2/c1-16(2)19-11-10-17(3)14-20(19)23(27)24-22-15-21(18-8-6-5-7-9-18)25-26(22)12-13-28-4/h5-9,15-17,19-20H,10-14H2,1-4H3,(H,24,27)/t17-,19+,20-/m1/s1. The van der Waals surface area contributed by atoms with Crippen molar-refractivity contribution >= 4 is 11.7 Å². The molecular weight excluding hydrogens is 350 g/mol. The molecule has 1 aromatic carbocycles. The Bertz CT molecular complexity index is 769. The zero-order valence-electron chi connectivity index (χ0n) is 17.5. The van der Waals surface area contributed by atoms with E-state index in [0.717, 1.165) is 29.9 Å². The van der Waals surface area contributed by atoms with Gasteiger partial charge in [0.2, 0.25) is 5.91 Å². The third-order valence-corrected chi connectivity index (χ3v) is 5.97. The van der Waals surface area contributed by atoms with Crippen LogP contribution in [0.1, 0.15) is 40.0 Å². The van der Waals surface area contributed by atoms with E-state index in [2.05, 4.69) is 26.1 Å². The van der Waals surface area contributed by atoms with Gasteiger partial charge in [-0.15, -0.1) is 0 Å². The van der Waals surface area contributed by atoms with Crippen LogP contribution in [-0.4, -0.2) is 29.4 Å². The SMILES string of the molecule is COCCn1nc(-c2ccccc2)cc1NC(=O)[C@@H]1C[C@H](C)CC[C@H]1C(C)C. The van der Waals surface area contributed by atoms with E-state index in [0.29, 0.717) is 30.9 Å². The van der Waals surface area contributed by atoms with Gasteiger partial charge in [-0.1, -0.05) is 57.5 Å². The molecule has 0 aliphatic heterocycles. The molecule has 0 unspecified atom stereocenters. The minimum Gasteiger partial charge on any atom is -0.383 e. The van der Waals surface area contributed by atoms with Gasteiger partial charge in [-0.05, 0) is 30.6 Å². The lowest BCUT2D eigenvalue weighted by Gasteiger charge is -2.36. The van der Waals surface area contributed by atoms with Crippen molar-refractivity contribution in [2.75, 3.05) is 19.0 Å². The van der Waals surface area contributed by atoms with Crippen LogP contribution in [0, 0.1) is 23.7 Å². The van der Waals surface area contributed by atoms with E-state index in [9.17, 15) is 4.79 Å². The molecule has 1 fully saturated rings. The third-order valence-electron chi connectivity index (χ3n) is 5.97. The fourth-order valence-electron chi connectivity index (χ4n) is 4.34. The van der Waals surface area contributed by atoms with Crippen molar-refractivity contribution in [2.24, 2.45) is 23.7 Å². The smallest absolute Gasteiger partial charge is 0.228 e. The Kier molecular flexibility index (Phi) is 6.89. The van der Waals surface area contributed by atoms with Gasteiger partial charge in [0.05, 0.1) is 18.8 Å². The van der Waals surface area contributed by atoms with Crippen LogP contribution in [0.5, 0.6) is 0 Å². The second kappa shape index (κ2) is 9.37. The van der Waals surface area contributed by atoms with Gasteiger partial charge in [0, 0.05) is 24.7 Å². The Morgan fingerprint density at radius 1 is 1.29 bits per heavy atom. The highest BCUT2D eigenvalue weighted by atomic mass is 16.5. The number of carbonyl (C=O) groups is 1. The van der Waals surface area contributed by atoms with Crippen molar-refractivity contribution in [3.63, 3.8) is 0 Å². The molecule has 2 aromatic rings. The Labute approximate surface area is 168 Å². The highest BCUT2D eigenvalue weighted by molar-refractivity contribution is 5.92. The second-order valence-electron chi connectivity index (χ2n) is 8.42. The molecule has 1 aromatic heterocycles. The van der Waals surface area contributed by atoms with E-state index in [1.54, 1.807) is 7.11 Å². The van der Waals surface area contributed by atoms with E-state index in [-0.39, 0.29) is 11.8 Å². The van der Waals surface area contributed by atoms with E-state index in [1.165, 1.54) is 6.42 Å². The summed E-state index contributed by atoms with van der Waals surface area (Å²) in [6.07, 6.45) is 3.32. The van der Waals surface area contributed by atoms with Crippen LogP contribution in [0.25, 0.3) is 11.3 Å². The number of ether oxygens (including phenoxy) is 1. The molecule has 1 aliphatic rings. The minimum absolute atomic E-state index is 0.0645. The molecule has 1 amide bonds. The van der Waals surface area contributed by atoms with Gasteiger partial charge >= 0.3 is 0 Å². The first-order chi connectivity index (χ1) is 13.5. The number of carbonyl (C=O) groups excluding carboxylic acids is 1. The summed E-state index contributed by atoms with van der Waals surface area (Å²) in [5.41, 5.74) is 1.91. The first-order valence-electron chi connectivity index (χ1n) is 10.4. The number of nitrogens with zero attached hydrogens (tertiary/aromatic N) is 2. The summed E-state index contributed by atoms with van der Waals surface area (Å²) in [5, 5.41) is 7.90. The summed E-state index contributed by atoms with van der Waals surface area (Å²) in [4.78, 5) is 13.2. The van der Waals surface area contributed by atoms with Crippen LogP contribution >= 0.6 is 0 Å². The maximum Gasteiger partial charge on any atom is 0.228 e. The molecular formula is C23H33N3O2. The molecule has 0 spiro atoms. The van der Waals surface area contributed by atoms with Crippen LogP contribution in [0.4, 0.5) is 5.82 Å². The molecule has 0 bridgehead atoms. The lowest BCUT2D eigenvalue weighted by Crippen LogP contribution is -2.37. The first-order valence-corrected chi connectivity index (χ1v) is 10.4. The number of aromatic nitrogens is 2. The van der Waals surface area contributed by atoms with Gasteiger partial charge in [-0.3, -0.25) is 4.79 Å². The molecule has 0 radical (unpaired) electrons. The van der Waals surface area contributed by atoms with Gasteiger partial charge in [0.1, 0.15) is 5.82 Å². The van der Waals surface area contributed by atoms with Crippen LogP contribution in [0.3, 0.4) is 0 Å². The molecule has 0 saturated heterocycles. The highest BCUT2D eigenvalue weighted by Crippen LogP contribution is 2.38. The van der Waals surface area contributed by atoms with E-state index < -0.39 is 0 Å². The predicted molar refractivity (Wildman–Crippen MR) is 113 cm³/mol. The summed E-state index contributed by atoms with van der Waals surface area (Å²) in [7, 11) is 1.68. The summed E-state index contributed by atoms with van der Waals surface area (Å²) in [6.45, 7) is 7.88. The molecule has 3 atom stereocenters. The van der Waals surface area contributed by atoms with Crippen molar-refractivity contribution in [3.8, 4) is 11.3 Å². The number of nitrogens with one attached hydrogen (secondary N) is 1. The van der Waals surface area contributed by atoms with Crippen molar-refractivity contribution in [3.05, 3.63) is 36.4 Å². The van der Waals surface area contributed by atoms with Crippen LogP contribution in [-0.2, 0) is 16.1 Å². The molecule has 3 rings (SSSR count). The van der Waals surface area contributed by atoms with Crippen molar-refractivity contribution < 1.29 is 9.53 Å². The Balaban J connectivity index is 1.83. The average molecular weight is 384 g/mol. The van der Waals surface area contributed by atoms with Crippen LogP contribution in [0.15, 0.2) is 36.4 Å². The lowest BCUT2D eigenvalue weighted by molar-refractivity contribution is -0.124. The third kappa shape index (κ3) is 4.82. The quantitative estimate of drug-likeness (QED) is 0.744. The molecule has 5 nitrogen and oxygen atoms in total. The van der Waals surface area contributed by atoms with Crippen molar-refractivity contribution in [2.45, 2.75) is 46.6 Å². The number of anilines is 1. The van der Waals surface area contributed by atoms with Gasteiger partial charge in [-0.25, -0.2) is 4.68 Å². The molecule has 152 valence electrons. The normalized spacial score (nSPS) is 22.4. The van der Waals surface area contributed by atoms with Gasteiger partial charge in [-0.2, -0.15) is 5.10 Å². The molecule has 1 saturated carbocycles. The van der Waals surface area contributed by atoms with Crippen molar-refractivity contribution in [1.29, 1.82) is 0 Å². The maximum atomic E-state index is 13.2. The predicted octanol–water partition coefficient (Wildman–Crippen LogP) is 4.84. The van der Waals surface area contributed by atoms with Crippen molar-refractivity contribution in [1.82, 2.24) is 9.78 Å². The highest BCUT2D eigenvalue weighted by Gasteiger charge is 2.35. The fourth-order valence-corrected chi connectivity index (χ4v) is 4.34. The fraction of sp³-hybridized carbons (Fsp3) is 0.565. The molecule has 5 heteroatoms. The van der Waals surface area contributed by atoms with Crippen LogP contribution < -0.4 is 5.32 Å². The van der Waals surface area contributed by atoms with E-state index in [4.69, 9.17) is 9.84 Å². The number of rotatable bonds is 7. The second-order valence-corrected chi connectivity index (χ2v) is 8.42. The number of methoxy groups -OCH3 is 1. The summed E-state index contributed by atoms with van der Waals surface area (Å²) >= 11 is 0. The topological polar surface area (TPSA) is 56.1 Å². The summed E-state index contributed by atoms with van der Waals surface area (Å²) < 4.78 is 7.07. The summed E-state index contributed by atoms with van der Waals surface area (Å²) in [5.74, 6) is 2.51. The monoisotopic (exact) mass is 383 g/mol. The van der Waals surface area contributed by atoms with E-state index in [1.807, 2.05) is 41.1 Å². The van der Waals surface area contributed by atoms with E-state index >= 15 is 0 Å². The van der Waals surface area contributed by atoms with Gasteiger partial charge in [0.15, 0.2) is 0 Å². The number of hydrogen-bond donors (Lipinski definition) is 1.